The topological polar surface area (TPSA) is 86.5 Å². The van der Waals surface area contributed by atoms with Crippen LogP contribution in [0.3, 0.4) is 0 Å². The van der Waals surface area contributed by atoms with Gasteiger partial charge in [-0.1, -0.05) is 23.4 Å². The van der Waals surface area contributed by atoms with Crippen LogP contribution in [0.4, 0.5) is 10.1 Å². The number of anilines is 1. The van der Waals surface area contributed by atoms with E-state index in [1.165, 1.54) is 12.1 Å². The summed E-state index contributed by atoms with van der Waals surface area (Å²) in [5, 5.41) is 6.69. The number of ether oxygens (including phenoxy) is 2. The van der Waals surface area contributed by atoms with Crippen LogP contribution in [-0.4, -0.2) is 29.8 Å². The van der Waals surface area contributed by atoms with Crippen LogP contribution < -0.4 is 14.8 Å². The molecule has 0 saturated heterocycles. The molecule has 8 heteroatoms. The third-order valence-corrected chi connectivity index (χ3v) is 4.33. The molecule has 0 aliphatic rings. The molecule has 0 saturated carbocycles. The molecule has 1 amide bonds. The standard InChI is InChI=1S/C23H18FN3O4/c1-29-19-10-8-18(9-11-19)25-21(28)14-30-20-7-3-4-15(13-20)22-26-23(31-27-22)16-5-2-6-17(24)12-16/h2-13H,14H2,1H3,(H,25,28). The number of benzene rings is 3. The van der Waals surface area contributed by atoms with E-state index in [-0.39, 0.29) is 24.2 Å². The van der Waals surface area contributed by atoms with Crippen molar-refractivity contribution in [3.63, 3.8) is 0 Å². The van der Waals surface area contributed by atoms with E-state index in [1.807, 2.05) is 0 Å². The van der Waals surface area contributed by atoms with Gasteiger partial charge in [-0.15, -0.1) is 0 Å². The second-order valence-corrected chi connectivity index (χ2v) is 6.53. The van der Waals surface area contributed by atoms with Gasteiger partial charge in [0.1, 0.15) is 17.3 Å². The Balaban J connectivity index is 1.40. The van der Waals surface area contributed by atoms with Gasteiger partial charge in [-0.3, -0.25) is 4.79 Å². The Labute approximate surface area is 177 Å². The zero-order valence-corrected chi connectivity index (χ0v) is 16.5. The Morgan fingerprint density at radius 2 is 1.77 bits per heavy atom. The molecule has 31 heavy (non-hydrogen) atoms. The SMILES string of the molecule is COc1ccc(NC(=O)COc2cccc(-c3noc(-c4cccc(F)c4)n3)c2)cc1. The Morgan fingerprint density at radius 1 is 1.00 bits per heavy atom. The Hall–Kier alpha value is -4.20. The predicted molar refractivity (Wildman–Crippen MR) is 112 cm³/mol. The molecule has 4 aromatic rings. The number of nitrogens with one attached hydrogen (secondary N) is 1. The fourth-order valence-corrected chi connectivity index (χ4v) is 2.82. The molecule has 0 atom stereocenters. The monoisotopic (exact) mass is 419 g/mol. The number of hydrogen-bond donors (Lipinski definition) is 1. The number of aromatic nitrogens is 2. The van der Waals surface area contributed by atoms with Crippen LogP contribution in [0.2, 0.25) is 0 Å². The lowest BCUT2D eigenvalue weighted by molar-refractivity contribution is -0.118. The van der Waals surface area contributed by atoms with Crippen LogP contribution >= 0.6 is 0 Å². The lowest BCUT2D eigenvalue weighted by atomic mass is 10.2. The van der Waals surface area contributed by atoms with E-state index in [4.69, 9.17) is 14.0 Å². The number of methoxy groups -OCH3 is 1. The van der Waals surface area contributed by atoms with Crippen LogP contribution in [0.15, 0.2) is 77.3 Å². The molecule has 156 valence electrons. The summed E-state index contributed by atoms with van der Waals surface area (Å²) >= 11 is 0. The van der Waals surface area contributed by atoms with Gasteiger partial charge in [0.25, 0.3) is 11.8 Å². The number of amides is 1. The highest BCUT2D eigenvalue weighted by molar-refractivity contribution is 5.91. The maximum absolute atomic E-state index is 13.4. The molecule has 4 rings (SSSR count). The first-order chi connectivity index (χ1) is 15.1. The van der Waals surface area contributed by atoms with Crippen molar-refractivity contribution in [3.05, 3.63) is 78.6 Å². The third kappa shape index (κ3) is 5.05. The minimum absolute atomic E-state index is 0.170. The van der Waals surface area contributed by atoms with Crippen molar-refractivity contribution in [2.75, 3.05) is 19.0 Å². The van der Waals surface area contributed by atoms with Gasteiger partial charge < -0.3 is 19.3 Å². The summed E-state index contributed by atoms with van der Waals surface area (Å²) in [6.07, 6.45) is 0. The lowest BCUT2D eigenvalue weighted by Crippen LogP contribution is -2.20. The smallest absolute Gasteiger partial charge is 0.262 e. The van der Waals surface area contributed by atoms with E-state index >= 15 is 0 Å². The zero-order valence-electron chi connectivity index (χ0n) is 16.5. The summed E-state index contributed by atoms with van der Waals surface area (Å²) < 4.78 is 29.3. The molecule has 0 radical (unpaired) electrons. The van der Waals surface area contributed by atoms with E-state index in [0.29, 0.717) is 34.1 Å². The molecule has 1 N–H and O–H groups in total. The average Bonchev–Trinajstić information content (AvgIpc) is 3.29. The number of carbonyl (C=O) groups is 1. The zero-order chi connectivity index (χ0) is 21.6. The Kier molecular flexibility index (Phi) is 5.89. The molecule has 0 aliphatic heterocycles. The highest BCUT2D eigenvalue weighted by Gasteiger charge is 2.12. The summed E-state index contributed by atoms with van der Waals surface area (Å²) in [7, 11) is 1.58. The highest BCUT2D eigenvalue weighted by atomic mass is 19.1. The molecule has 0 fully saturated rings. The van der Waals surface area contributed by atoms with E-state index in [9.17, 15) is 9.18 Å². The molecule has 7 nitrogen and oxygen atoms in total. The normalized spacial score (nSPS) is 10.5. The van der Waals surface area contributed by atoms with Crippen molar-refractivity contribution in [1.29, 1.82) is 0 Å². The molecule has 1 heterocycles. The van der Waals surface area contributed by atoms with Crippen molar-refractivity contribution >= 4 is 11.6 Å². The summed E-state index contributed by atoms with van der Waals surface area (Å²) in [5.41, 5.74) is 1.76. The molecular weight excluding hydrogens is 401 g/mol. The molecule has 1 aromatic heterocycles. The summed E-state index contributed by atoms with van der Waals surface area (Å²) in [4.78, 5) is 16.5. The van der Waals surface area contributed by atoms with Crippen LogP contribution in [0, 0.1) is 5.82 Å². The minimum Gasteiger partial charge on any atom is -0.497 e. The second kappa shape index (κ2) is 9.08. The van der Waals surface area contributed by atoms with Crippen LogP contribution in [0.25, 0.3) is 22.8 Å². The van der Waals surface area contributed by atoms with Crippen molar-refractivity contribution < 1.29 is 23.2 Å². The highest BCUT2D eigenvalue weighted by Crippen LogP contribution is 2.25. The first kappa shape index (κ1) is 20.1. The minimum atomic E-state index is -0.388. The van der Waals surface area contributed by atoms with Crippen molar-refractivity contribution in [1.82, 2.24) is 10.1 Å². The van der Waals surface area contributed by atoms with Gasteiger partial charge in [0.15, 0.2) is 6.61 Å². The second-order valence-electron chi connectivity index (χ2n) is 6.53. The molecule has 0 unspecified atom stereocenters. The fourth-order valence-electron chi connectivity index (χ4n) is 2.82. The number of carbonyl (C=O) groups excluding carboxylic acids is 1. The number of hydrogen-bond acceptors (Lipinski definition) is 6. The van der Waals surface area contributed by atoms with Gasteiger partial charge in [-0.2, -0.15) is 4.98 Å². The van der Waals surface area contributed by atoms with Crippen molar-refractivity contribution in [3.8, 4) is 34.3 Å². The van der Waals surface area contributed by atoms with Crippen LogP contribution in [0.1, 0.15) is 0 Å². The van der Waals surface area contributed by atoms with Gasteiger partial charge in [-0.05, 0) is 54.6 Å². The van der Waals surface area contributed by atoms with Gasteiger partial charge in [0, 0.05) is 16.8 Å². The summed E-state index contributed by atoms with van der Waals surface area (Å²) in [5.74, 6) is 1.02. The molecular formula is C23H18FN3O4. The third-order valence-electron chi connectivity index (χ3n) is 4.33. The molecule has 0 spiro atoms. The maximum atomic E-state index is 13.4. The predicted octanol–water partition coefficient (Wildman–Crippen LogP) is 4.57. The van der Waals surface area contributed by atoms with Gasteiger partial charge >= 0.3 is 0 Å². The van der Waals surface area contributed by atoms with E-state index < -0.39 is 0 Å². The number of rotatable bonds is 7. The Bertz CT molecular complexity index is 1190. The summed E-state index contributed by atoms with van der Waals surface area (Å²) in [6, 6.07) is 19.8. The van der Waals surface area contributed by atoms with Gasteiger partial charge in [0.2, 0.25) is 5.82 Å². The average molecular weight is 419 g/mol. The first-order valence-corrected chi connectivity index (χ1v) is 9.37. The molecule has 0 aliphatic carbocycles. The lowest BCUT2D eigenvalue weighted by Gasteiger charge is -2.08. The van der Waals surface area contributed by atoms with E-state index in [1.54, 1.807) is 67.8 Å². The largest absolute Gasteiger partial charge is 0.497 e. The quantitative estimate of drug-likeness (QED) is 0.472. The van der Waals surface area contributed by atoms with Crippen molar-refractivity contribution in [2.24, 2.45) is 0 Å². The van der Waals surface area contributed by atoms with E-state index in [2.05, 4.69) is 15.5 Å². The molecule has 3 aromatic carbocycles. The summed E-state index contributed by atoms with van der Waals surface area (Å²) in [6.45, 7) is -0.170. The van der Waals surface area contributed by atoms with Gasteiger partial charge in [0.05, 0.1) is 7.11 Å². The first-order valence-electron chi connectivity index (χ1n) is 9.37. The fraction of sp³-hybridized carbons (Fsp3) is 0.0870. The van der Waals surface area contributed by atoms with E-state index in [0.717, 1.165) is 0 Å². The van der Waals surface area contributed by atoms with Crippen LogP contribution in [-0.2, 0) is 4.79 Å². The number of halogens is 1. The van der Waals surface area contributed by atoms with Crippen molar-refractivity contribution in [2.45, 2.75) is 0 Å². The number of nitrogens with zero attached hydrogens (tertiary/aromatic N) is 2. The van der Waals surface area contributed by atoms with Gasteiger partial charge in [-0.25, -0.2) is 4.39 Å². The Morgan fingerprint density at radius 3 is 2.55 bits per heavy atom. The maximum Gasteiger partial charge on any atom is 0.262 e. The molecule has 0 bridgehead atoms. The van der Waals surface area contributed by atoms with Crippen LogP contribution in [0.5, 0.6) is 11.5 Å².